The number of hydrogen-bond donors (Lipinski definition) is 3. The topological polar surface area (TPSA) is 105 Å². The van der Waals surface area contributed by atoms with Crippen LogP contribution in [0.15, 0.2) is 72.8 Å². The molecule has 3 N–H and O–H groups in total. The molecule has 0 aliphatic heterocycles. The van der Waals surface area contributed by atoms with E-state index in [4.69, 9.17) is 9.84 Å². The number of carboxylic acid groups (broad SMARTS) is 1. The quantitative estimate of drug-likeness (QED) is 0.466. The second-order valence-electron chi connectivity index (χ2n) is 8.15. The molecule has 0 radical (unpaired) electrons. The van der Waals surface area contributed by atoms with Gasteiger partial charge < -0.3 is 20.5 Å². The molecule has 34 heavy (non-hydrogen) atoms. The van der Waals surface area contributed by atoms with Crippen molar-refractivity contribution in [3.8, 4) is 11.1 Å². The number of carbonyl (C=O) groups is 3. The molecule has 1 aliphatic rings. The largest absolute Gasteiger partial charge is 0.478 e. The predicted octanol–water partition coefficient (Wildman–Crippen LogP) is 4.32. The molecule has 1 aliphatic carbocycles. The lowest BCUT2D eigenvalue weighted by atomic mass is 9.98. The Balaban J connectivity index is 1.33. The number of fused-ring (bicyclic) bond motifs is 3. The number of hydrogen-bond acceptors (Lipinski definition) is 4. The fraction of sp³-hybridized carbons (Fsp3) is 0.222. The van der Waals surface area contributed by atoms with E-state index in [1.165, 1.54) is 12.1 Å². The van der Waals surface area contributed by atoms with Crippen molar-refractivity contribution in [2.75, 3.05) is 6.61 Å². The van der Waals surface area contributed by atoms with Crippen molar-refractivity contribution in [1.29, 1.82) is 0 Å². The van der Waals surface area contributed by atoms with Crippen molar-refractivity contribution in [2.24, 2.45) is 0 Å². The van der Waals surface area contributed by atoms with Gasteiger partial charge in [0, 0.05) is 12.5 Å². The zero-order chi connectivity index (χ0) is 24.1. The van der Waals surface area contributed by atoms with Crippen molar-refractivity contribution < 1.29 is 24.2 Å². The Morgan fingerprint density at radius 2 is 1.59 bits per heavy atom. The average Bonchev–Trinajstić information content (AvgIpc) is 3.18. The number of rotatable bonds is 8. The van der Waals surface area contributed by atoms with Crippen LogP contribution >= 0.6 is 0 Å². The van der Waals surface area contributed by atoms with Gasteiger partial charge in [0.05, 0.1) is 5.56 Å². The fourth-order valence-corrected chi connectivity index (χ4v) is 4.26. The number of alkyl carbamates (subject to hydrolysis) is 1. The van der Waals surface area contributed by atoms with Crippen molar-refractivity contribution in [3.63, 3.8) is 0 Å². The van der Waals surface area contributed by atoms with Crippen LogP contribution in [0.3, 0.4) is 0 Å². The van der Waals surface area contributed by atoms with Gasteiger partial charge >= 0.3 is 12.1 Å². The first kappa shape index (κ1) is 23.0. The van der Waals surface area contributed by atoms with E-state index in [1.807, 2.05) is 36.4 Å². The molecule has 7 heteroatoms. The van der Waals surface area contributed by atoms with Gasteiger partial charge in [0.15, 0.2) is 0 Å². The van der Waals surface area contributed by atoms with Crippen molar-refractivity contribution in [1.82, 2.24) is 10.6 Å². The van der Waals surface area contributed by atoms with Gasteiger partial charge in [-0.3, -0.25) is 4.79 Å². The standard InChI is InChI=1S/C27H26N2O5/c1-2-24(25(30)28-15-17-8-7-9-18(14-17)26(31)32)29-27(33)34-16-23-21-12-5-3-10-19(21)20-11-4-6-13-22(20)23/h3-14,23-24H,2,15-16H2,1H3,(H,28,30)(H,29,33)(H,31,32)/t24-/m0/s1. The van der Waals surface area contributed by atoms with Crippen molar-refractivity contribution >= 4 is 18.0 Å². The molecule has 7 nitrogen and oxygen atoms in total. The lowest BCUT2D eigenvalue weighted by Gasteiger charge is -2.19. The monoisotopic (exact) mass is 458 g/mol. The number of benzene rings is 3. The molecule has 0 heterocycles. The highest BCUT2D eigenvalue weighted by Crippen LogP contribution is 2.44. The Morgan fingerprint density at radius 3 is 2.21 bits per heavy atom. The van der Waals surface area contributed by atoms with Gasteiger partial charge in [-0.2, -0.15) is 0 Å². The van der Waals surface area contributed by atoms with Gasteiger partial charge in [-0.1, -0.05) is 67.6 Å². The van der Waals surface area contributed by atoms with E-state index in [0.29, 0.717) is 12.0 Å². The normalized spacial score (nSPS) is 12.9. The van der Waals surface area contributed by atoms with Crippen molar-refractivity contribution in [3.05, 3.63) is 95.1 Å². The molecule has 0 unspecified atom stereocenters. The maximum atomic E-state index is 12.6. The van der Waals surface area contributed by atoms with Crippen LogP contribution < -0.4 is 10.6 Å². The van der Waals surface area contributed by atoms with Crippen LogP contribution in [-0.2, 0) is 16.1 Å². The van der Waals surface area contributed by atoms with Gasteiger partial charge in [-0.25, -0.2) is 9.59 Å². The molecule has 0 saturated heterocycles. The average molecular weight is 459 g/mol. The number of amides is 2. The third-order valence-corrected chi connectivity index (χ3v) is 6.00. The highest BCUT2D eigenvalue weighted by molar-refractivity contribution is 5.88. The minimum Gasteiger partial charge on any atom is -0.478 e. The Hall–Kier alpha value is -4.13. The first-order chi connectivity index (χ1) is 16.5. The number of aromatic carboxylic acids is 1. The van der Waals surface area contributed by atoms with E-state index in [9.17, 15) is 14.4 Å². The smallest absolute Gasteiger partial charge is 0.407 e. The third-order valence-electron chi connectivity index (χ3n) is 6.00. The van der Waals surface area contributed by atoms with E-state index in [2.05, 4.69) is 22.8 Å². The highest BCUT2D eigenvalue weighted by Gasteiger charge is 2.29. The number of carboxylic acids is 1. The maximum Gasteiger partial charge on any atom is 0.407 e. The Bertz CT molecular complexity index is 1180. The molecule has 0 fully saturated rings. The summed E-state index contributed by atoms with van der Waals surface area (Å²) in [6.45, 7) is 2.11. The molecule has 1 atom stereocenters. The molecule has 3 aromatic carbocycles. The van der Waals surface area contributed by atoms with Crippen LogP contribution in [0, 0.1) is 0 Å². The van der Waals surface area contributed by atoms with Gasteiger partial charge in [0.25, 0.3) is 0 Å². The van der Waals surface area contributed by atoms with Gasteiger partial charge in [0.2, 0.25) is 5.91 Å². The maximum absolute atomic E-state index is 12.6. The van der Waals surface area contributed by atoms with Crippen LogP contribution in [0.5, 0.6) is 0 Å². The van der Waals surface area contributed by atoms with E-state index in [-0.39, 0.29) is 30.5 Å². The summed E-state index contributed by atoms with van der Waals surface area (Å²) in [6.07, 6.45) is -0.276. The Labute approximate surface area is 197 Å². The van der Waals surface area contributed by atoms with Crippen molar-refractivity contribution in [2.45, 2.75) is 31.8 Å². The van der Waals surface area contributed by atoms with Gasteiger partial charge in [0.1, 0.15) is 12.6 Å². The predicted molar refractivity (Wildman–Crippen MR) is 128 cm³/mol. The van der Waals surface area contributed by atoms with Crippen LogP contribution in [0.1, 0.15) is 46.3 Å². The molecular formula is C27H26N2O5. The molecule has 2 amide bonds. The highest BCUT2D eigenvalue weighted by atomic mass is 16.5. The molecule has 0 saturated carbocycles. The molecular weight excluding hydrogens is 432 g/mol. The lowest BCUT2D eigenvalue weighted by molar-refractivity contribution is -0.123. The minimum absolute atomic E-state index is 0.0615. The summed E-state index contributed by atoms with van der Waals surface area (Å²) in [4.78, 5) is 36.2. The second-order valence-corrected chi connectivity index (χ2v) is 8.15. The van der Waals surface area contributed by atoms with E-state index in [0.717, 1.165) is 22.3 Å². The summed E-state index contributed by atoms with van der Waals surface area (Å²) in [6, 6.07) is 21.7. The fourth-order valence-electron chi connectivity index (χ4n) is 4.26. The zero-order valence-electron chi connectivity index (χ0n) is 18.8. The molecule has 0 spiro atoms. The summed E-state index contributed by atoms with van der Waals surface area (Å²) in [5, 5.41) is 14.5. The van der Waals surface area contributed by atoms with E-state index < -0.39 is 18.1 Å². The van der Waals surface area contributed by atoms with Crippen LogP contribution in [0.4, 0.5) is 4.79 Å². The molecule has 174 valence electrons. The molecule has 0 bridgehead atoms. The number of nitrogens with one attached hydrogen (secondary N) is 2. The Morgan fingerprint density at radius 1 is 0.941 bits per heavy atom. The number of carbonyl (C=O) groups excluding carboxylic acids is 2. The van der Waals surface area contributed by atoms with E-state index >= 15 is 0 Å². The van der Waals surface area contributed by atoms with Gasteiger partial charge in [-0.05, 0) is 46.4 Å². The van der Waals surface area contributed by atoms with E-state index in [1.54, 1.807) is 19.1 Å². The molecule has 3 aromatic rings. The zero-order valence-corrected chi connectivity index (χ0v) is 18.8. The van der Waals surface area contributed by atoms with Crippen LogP contribution in [-0.4, -0.2) is 35.7 Å². The summed E-state index contributed by atoms with van der Waals surface area (Å²) < 4.78 is 5.53. The first-order valence-corrected chi connectivity index (χ1v) is 11.2. The van der Waals surface area contributed by atoms with Crippen LogP contribution in [0.2, 0.25) is 0 Å². The summed E-state index contributed by atoms with van der Waals surface area (Å²) in [5.41, 5.74) is 5.32. The summed E-state index contributed by atoms with van der Waals surface area (Å²) in [7, 11) is 0. The Kier molecular flexibility index (Phi) is 6.92. The van der Waals surface area contributed by atoms with Crippen LogP contribution in [0.25, 0.3) is 11.1 Å². The van der Waals surface area contributed by atoms with Gasteiger partial charge in [-0.15, -0.1) is 0 Å². The first-order valence-electron chi connectivity index (χ1n) is 11.2. The second kappa shape index (κ2) is 10.2. The summed E-state index contributed by atoms with van der Waals surface area (Å²) in [5.74, 6) is -1.46. The lowest BCUT2D eigenvalue weighted by Crippen LogP contribution is -2.46. The number of ether oxygens (including phenoxy) is 1. The minimum atomic E-state index is -1.03. The SMILES string of the molecule is CC[C@H](NC(=O)OCC1c2ccccc2-c2ccccc21)C(=O)NCc1cccc(C(=O)O)c1. The summed E-state index contributed by atoms with van der Waals surface area (Å²) >= 11 is 0. The molecule has 4 rings (SSSR count). The molecule has 0 aromatic heterocycles. The third kappa shape index (κ3) is 4.93.